The summed E-state index contributed by atoms with van der Waals surface area (Å²) in [6.45, 7) is 0.305. The molecule has 0 fully saturated rings. The van der Waals surface area contributed by atoms with Gasteiger partial charge in [-0.1, -0.05) is 24.3 Å². The van der Waals surface area contributed by atoms with E-state index in [1.807, 2.05) is 12.1 Å². The molecule has 1 heterocycles. The Kier molecular flexibility index (Phi) is 3.56. The summed E-state index contributed by atoms with van der Waals surface area (Å²) in [5.41, 5.74) is 8.58. The van der Waals surface area contributed by atoms with Crippen LogP contribution in [0.2, 0.25) is 0 Å². The summed E-state index contributed by atoms with van der Waals surface area (Å²) in [6, 6.07) is 10.1. The first-order chi connectivity index (χ1) is 9.78. The van der Waals surface area contributed by atoms with E-state index in [-0.39, 0.29) is 11.9 Å². The maximum atomic E-state index is 12.2. The van der Waals surface area contributed by atoms with E-state index in [4.69, 9.17) is 10.2 Å². The van der Waals surface area contributed by atoms with Crippen LogP contribution in [0, 0.1) is 0 Å². The summed E-state index contributed by atoms with van der Waals surface area (Å²) in [5.74, 6) is 0.523. The monoisotopic (exact) mass is 270 g/mol. The van der Waals surface area contributed by atoms with E-state index in [1.165, 1.54) is 17.4 Å². The molecule has 0 bridgehead atoms. The number of nitrogens with two attached hydrogens (primary N) is 1. The molecule has 1 aromatic carbocycles. The number of amides is 1. The summed E-state index contributed by atoms with van der Waals surface area (Å²) in [4.78, 5) is 12.2. The fourth-order valence-corrected chi connectivity index (χ4v) is 2.75. The zero-order valence-electron chi connectivity index (χ0n) is 11.3. The SMILES string of the molecule is NCc1cc(C(=O)NC2CCCc3ccccc32)co1. The fraction of sp³-hybridized carbons (Fsp3) is 0.312. The van der Waals surface area contributed by atoms with Gasteiger partial charge in [0.15, 0.2) is 0 Å². The van der Waals surface area contributed by atoms with Crippen molar-refractivity contribution in [2.24, 2.45) is 5.73 Å². The summed E-state index contributed by atoms with van der Waals surface area (Å²) in [6.07, 6.45) is 4.63. The molecule has 3 rings (SSSR count). The van der Waals surface area contributed by atoms with Crippen LogP contribution in [0.4, 0.5) is 0 Å². The first kappa shape index (κ1) is 12.9. The Morgan fingerprint density at radius 1 is 1.40 bits per heavy atom. The van der Waals surface area contributed by atoms with Gasteiger partial charge < -0.3 is 15.5 Å². The van der Waals surface area contributed by atoms with Crippen LogP contribution in [0.25, 0.3) is 0 Å². The van der Waals surface area contributed by atoms with Crippen LogP contribution in [0.3, 0.4) is 0 Å². The van der Waals surface area contributed by atoms with Crippen molar-refractivity contribution in [1.29, 1.82) is 0 Å². The van der Waals surface area contributed by atoms with Gasteiger partial charge in [-0.3, -0.25) is 4.79 Å². The normalized spacial score (nSPS) is 17.6. The molecule has 1 aliphatic rings. The molecule has 1 amide bonds. The lowest BCUT2D eigenvalue weighted by Crippen LogP contribution is -2.30. The van der Waals surface area contributed by atoms with Gasteiger partial charge in [0.2, 0.25) is 0 Å². The number of benzene rings is 1. The van der Waals surface area contributed by atoms with E-state index < -0.39 is 0 Å². The minimum atomic E-state index is -0.102. The minimum absolute atomic E-state index is 0.0867. The van der Waals surface area contributed by atoms with Gasteiger partial charge in [-0.25, -0.2) is 0 Å². The van der Waals surface area contributed by atoms with Crippen LogP contribution in [-0.2, 0) is 13.0 Å². The summed E-state index contributed by atoms with van der Waals surface area (Å²) in [7, 11) is 0. The third kappa shape index (κ3) is 2.47. The molecule has 0 saturated heterocycles. The molecule has 0 spiro atoms. The van der Waals surface area contributed by atoms with E-state index in [0.717, 1.165) is 19.3 Å². The van der Waals surface area contributed by atoms with Crippen molar-refractivity contribution in [3.05, 3.63) is 59.0 Å². The second kappa shape index (κ2) is 5.51. The van der Waals surface area contributed by atoms with Crippen molar-refractivity contribution in [3.63, 3.8) is 0 Å². The highest BCUT2D eigenvalue weighted by Crippen LogP contribution is 2.29. The maximum Gasteiger partial charge on any atom is 0.255 e. The first-order valence-electron chi connectivity index (χ1n) is 6.94. The number of furan rings is 1. The highest BCUT2D eigenvalue weighted by molar-refractivity contribution is 5.94. The Morgan fingerprint density at radius 3 is 3.05 bits per heavy atom. The maximum absolute atomic E-state index is 12.2. The van der Waals surface area contributed by atoms with Crippen molar-refractivity contribution in [2.45, 2.75) is 31.8 Å². The molecule has 4 nitrogen and oxygen atoms in total. The zero-order chi connectivity index (χ0) is 13.9. The van der Waals surface area contributed by atoms with Gasteiger partial charge >= 0.3 is 0 Å². The summed E-state index contributed by atoms with van der Waals surface area (Å²) < 4.78 is 5.21. The van der Waals surface area contributed by atoms with E-state index in [2.05, 4.69) is 17.4 Å². The number of hydrogen-bond donors (Lipinski definition) is 2. The molecular weight excluding hydrogens is 252 g/mol. The quantitative estimate of drug-likeness (QED) is 0.900. The Labute approximate surface area is 118 Å². The van der Waals surface area contributed by atoms with E-state index >= 15 is 0 Å². The van der Waals surface area contributed by atoms with Gasteiger partial charge in [-0.15, -0.1) is 0 Å². The minimum Gasteiger partial charge on any atom is -0.467 e. The molecule has 4 heteroatoms. The topological polar surface area (TPSA) is 68.3 Å². The Morgan fingerprint density at radius 2 is 2.25 bits per heavy atom. The lowest BCUT2D eigenvalue weighted by Gasteiger charge is -2.26. The molecule has 3 N–H and O–H groups in total. The lowest BCUT2D eigenvalue weighted by molar-refractivity contribution is 0.0932. The number of hydrogen-bond acceptors (Lipinski definition) is 3. The van der Waals surface area contributed by atoms with Crippen LogP contribution >= 0.6 is 0 Å². The van der Waals surface area contributed by atoms with Crippen molar-refractivity contribution >= 4 is 5.91 Å². The second-order valence-electron chi connectivity index (χ2n) is 5.12. The molecule has 0 saturated carbocycles. The molecule has 104 valence electrons. The average molecular weight is 270 g/mol. The number of carbonyl (C=O) groups is 1. The third-order valence-corrected chi connectivity index (χ3v) is 3.79. The number of aryl methyl sites for hydroxylation is 1. The molecular formula is C16H18N2O2. The predicted octanol–water partition coefficient (Wildman–Crippen LogP) is 2.55. The third-order valence-electron chi connectivity index (χ3n) is 3.79. The average Bonchev–Trinajstić information content (AvgIpc) is 2.97. The Bertz CT molecular complexity index is 618. The number of carbonyl (C=O) groups excluding carboxylic acids is 1. The molecule has 1 aliphatic carbocycles. The largest absolute Gasteiger partial charge is 0.467 e. The van der Waals surface area contributed by atoms with Crippen molar-refractivity contribution in [1.82, 2.24) is 5.32 Å². The number of rotatable bonds is 3. The number of fused-ring (bicyclic) bond motifs is 1. The van der Waals surface area contributed by atoms with E-state index in [0.29, 0.717) is 17.9 Å². The number of nitrogens with one attached hydrogen (secondary N) is 1. The van der Waals surface area contributed by atoms with Gasteiger partial charge in [-0.05, 0) is 36.5 Å². The highest BCUT2D eigenvalue weighted by Gasteiger charge is 2.22. The zero-order valence-corrected chi connectivity index (χ0v) is 11.3. The van der Waals surface area contributed by atoms with E-state index in [9.17, 15) is 4.79 Å². The molecule has 0 aliphatic heterocycles. The van der Waals surface area contributed by atoms with Gasteiger partial charge in [0, 0.05) is 0 Å². The Hall–Kier alpha value is -2.07. The second-order valence-corrected chi connectivity index (χ2v) is 5.12. The highest BCUT2D eigenvalue weighted by atomic mass is 16.3. The first-order valence-corrected chi connectivity index (χ1v) is 6.94. The van der Waals surface area contributed by atoms with Gasteiger partial charge in [-0.2, -0.15) is 0 Å². The van der Waals surface area contributed by atoms with Crippen LogP contribution in [0.1, 0.15) is 46.1 Å². The van der Waals surface area contributed by atoms with Gasteiger partial charge in [0.1, 0.15) is 12.0 Å². The van der Waals surface area contributed by atoms with Crippen molar-refractivity contribution in [2.75, 3.05) is 0 Å². The van der Waals surface area contributed by atoms with Crippen LogP contribution in [-0.4, -0.2) is 5.91 Å². The standard InChI is InChI=1S/C16H18N2O2/c17-9-13-8-12(10-20-13)16(19)18-15-7-3-5-11-4-1-2-6-14(11)15/h1-2,4,6,8,10,15H,3,5,7,9,17H2,(H,18,19). The van der Waals surface area contributed by atoms with Crippen molar-refractivity contribution < 1.29 is 9.21 Å². The Balaban J connectivity index is 1.77. The van der Waals surface area contributed by atoms with E-state index in [1.54, 1.807) is 6.07 Å². The molecule has 20 heavy (non-hydrogen) atoms. The summed E-state index contributed by atoms with van der Waals surface area (Å²) >= 11 is 0. The molecule has 1 atom stereocenters. The van der Waals surface area contributed by atoms with Gasteiger partial charge in [0.05, 0.1) is 18.2 Å². The summed E-state index contributed by atoms with van der Waals surface area (Å²) in [5, 5.41) is 3.09. The molecule has 1 aromatic heterocycles. The molecule has 1 unspecified atom stereocenters. The smallest absolute Gasteiger partial charge is 0.255 e. The van der Waals surface area contributed by atoms with Crippen molar-refractivity contribution in [3.8, 4) is 0 Å². The fourth-order valence-electron chi connectivity index (χ4n) is 2.75. The van der Waals surface area contributed by atoms with Gasteiger partial charge in [0.25, 0.3) is 5.91 Å². The molecule has 2 aromatic rings. The predicted molar refractivity (Wildman–Crippen MR) is 76.2 cm³/mol. The molecule has 0 radical (unpaired) electrons. The van der Waals surface area contributed by atoms with Crippen LogP contribution in [0.15, 0.2) is 41.0 Å². The van der Waals surface area contributed by atoms with Crippen LogP contribution < -0.4 is 11.1 Å². The van der Waals surface area contributed by atoms with Crippen LogP contribution in [0.5, 0.6) is 0 Å². The lowest BCUT2D eigenvalue weighted by atomic mass is 9.87.